The summed E-state index contributed by atoms with van der Waals surface area (Å²) in [5.74, 6) is -1.09. The second-order valence-electron chi connectivity index (χ2n) is 4.87. The van der Waals surface area contributed by atoms with E-state index in [1.807, 2.05) is 13.8 Å². The summed E-state index contributed by atoms with van der Waals surface area (Å²) in [4.78, 5) is 23.2. The van der Waals surface area contributed by atoms with Crippen molar-refractivity contribution < 1.29 is 14.0 Å². The van der Waals surface area contributed by atoms with Crippen molar-refractivity contribution in [2.24, 2.45) is 5.92 Å². The van der Waals surface area contributed by atoms with E-state index in [1.54, 1.807) is 13.0 Å². The number of hydrogen-bond acceptors (Lipinski definition) is 2. The molecule has 0 saturated heterocycles. The van der Waals surface area contributed by atoms with Crippen LogP contribution in [-0.4, -0.2) is 17.9 Å². The van der Waals surface area contributed by atoms with Crippen molar-refractivity contribution in [3.63, 3.8) is 0 Å². The predicted molar refractivity (Wildman–Crippen MR) is 72.2 cm³/mol. The number of benzene rings is 1. The lowest BCUT2D eigenvalue weighted by atomic mass is 10.0. The number of nitrogens with one attached hydrogen (secondary N) is 2. The molecule has 0 aliphatic carbocycles. The highest BCUT2D eigenvalue weighted by Gasteiger charge is 2.23. The van der Waals surface area contributed by atoms with Crippen LogP contribution in [0.5, 0.6) is 0 Å². The number of halogens is 1. The Hall–Kier alpha value is -1.91. The van der Waals surface area contributed by atoms with Gasteiger partial charge in [-0.05, 0) is 30.5 Å². The van der Waals surface area contributed by atoms with Crippen LogP contribution in [0.2, 0.25) is 0 Å². The van der Waals surface area contributed by atoms with Crippen LogP contribution < -0.4 is 10.6 Å². The van der Waals surface area contributed by atoms with Gasteiger partial charge in [0, 0.05) is 12.6 Å². The third-order valence-electron chi connectivity index (χ3n) is 2.77. The van der Waals surface area contributed by atoms with Crippen molar-refractivity contribution in [1.82, 2.24) is 5.32 Å². The molecular weight excluding hydrogens is 247 g/mol. The quantitative estimate of drug-likeness (QED) is 0.878. The number of anilines is 1. The predicted octanol–water partition coefficient (Wildman–Crippen LogP) is 2.23. The molecule has 0 saturated carbocycles. The van der Waals surface area contributed by atoms with Crippen molar-refractivity contribution in [3.05, 3.63) is 29.6 Å². The largest absolute Gasteiger partial charge is 0.344 e. The fraction of sp³-hybridized carbons (Fsp3) is 0.429. The molecular formula is C14H19FN2O2. The van der Waals surface area contributed by atoms with Gasteiger partial charge in [0.15, 0.2) is 0 Å². The minimum Gasteiger partial charge on any atom is -0.344 e. The highest BCUT2D eigenvalue weighted by molar-refractivity contribution is 5.97. The molecule has 0 bridgehead atoms. The van der Waals surface area contributed by atoms with Crippen LogP contribution in [0.15, 0.2) is 18.2 Å². The van der Waals surface area contributed by atoms with Crippen LogP contribution in [0, 0.1) is 18.7 Å². The van der Waals surface area contributed by atoms with E-state index in [-0.39, 0.29) is 17.7 Å². The number of carbonyl (C=O) groups is 2. The summed E-state index contributed by atoms with van der Waals surface area (Å²) in [5, 5.41) is 5.23. The van der Waals surface area contributed by atoms with Crippen LogP contribution in [0.25, 0.3) is 0 Å². The van der Waals surface area contributed by atoms with Crippen LogP contribution in [-0.2, 0) is 9.59 Å². The second kappa shape index (κ2) is 6.31. The van der Waals surface area contributed by atoms with E-state index in [0.717, 1.165) is 5.56 Å². The first-order chi connectivity index (χ1) is 8.81. The molecule has 1 rings (SSSR count). The number of hydrogen-bond donors (Lipinski definition) is 2. The summed E-state index contributed by atoms with van der Waals surface area (Å²) in [6.07, 6.45) is 0. The Balaban J connectivity index is 2.87. The van der Waals surface area contributed by atoms with Crippen molar-refractivity contribution in [2.75, 3.05) is 5.32 Å². The van der Waals surface area contributed by atoms with Gasteiger partial charge in [0.05, 0.1) is 0 Å². The average molecular weight is 266 g/mol. The number of aryl methyl sites for hydroxylation is 1. The Kier molecular flexibility index (Phi) is 5.03. The van der Waals surface area contributed by atoms with Gasteiger partial charge in [-0.25, -0.2) is 4.39 Å². The maximum absolute atomic E-state index is 13.1. The Labute approximate surface area is 112 Å². The Morgan fingerprint density at radius 2 is 1.89 bits per heavy atom. The maximum atomic E-state index is 13.1. The average Bonchev–Trinajstić information content (AvgIpc) is 2.30. The number of rotatable bonds is 4. The molecule has 1 aromatic carbocycles. The smallest absolute Gasteiger partial charge is 0.247 e. The first-order valence-corrected chi connectivity index (χ1v) is 6.15. The summed E-state index contributed by atoms with van der Waals surface area (Å²) in [6.45, 7) is 6.80. The Morgan fingerprint density at radius 3 is 2.42 bits per heavy atom. The molecule has 0 spiro atoms. The van der Waals surface area contributed by atoms with Crippen molar-refractivity contribution in [1.29, 1.82) is 0 Å². The molecule has 2 N–H and O–H groups in total. The normalized spacial score (nSPS) is 12.1. The van der Waals surface area contributed by atoms with Crippen LogP contribution in [0.3, 0.4) is 0 Å². The van der Waals surface area contributed by atoms with E-state index in [2.05, 4.69) is 10.6 Å². The monoisotopic (exact) mass is 266 g/mol. The van der Waals surface area contributed by atoms with E-state index in [1.165, 1.54) is 19.1 Å². The van der Waals surface area contributed by atoms with Gasteiger partial charge >= 0.3 is 0 Å². The zero-order valence-electron chi connectivity index (χ0n) is 11.6. The third-order valence-corrected chi connectivity index (χ3v) is 2.77. The standard InChI is InChI=1S/C14H19FN2O2/c1-8(2)13(16-10(4)18)14(19)17-12-7-11(15)6-5-9(12)3/h5-8,13H,1-4H3,(H,16,18)(H,17,19)/t13-/m0/s1. The van der Waals surface area contributed by atoms with Crippen molar-refractivity contribution >= 4 is 17.5 Å². The molecule has 104 valence electrons. The molecule has 0 unspecified atom stereocenters. The summed E-state index contributed by atoms with van der Waals surface area (Å²) in [5.41, 5.74) is 1.18. The highest BCUT2D eigenvalue weighted by Crippen LogP contribution is 2.17. The maximum Gasteiger partial charge on any atom is 0.247 e. The molecule has 0 aliphatic rings. The molecule has 4 nitrogen and oxygen atoms in total. The lowest BCUT2D eigenvalue weighted by Gasteiger charge is -2.21. The first kappa shape index (κ1) is 15.1. The minimum absolute atomic E-state index is 0.0576. The molecule has 0 fully saturated rings. The molecule has 2 amide bonds. The molecule has 19 heavy (non-hydrogen) atoms. The molecule has 0 aliphatic heterocycles. The van der Waals surface area contributed by atoms with Gasteiger partial charge in [0.1, 0.15) is 11.9 Å². The van der Waals surface area contributed by atoms with Gasteiger partial charge in [-0.15, -0.1) is 0 Å². The lowest BCUT2D eigenvalue weighted by molar-refractivity contribution is -0.126. The summed E-state index contributed by atoms with van der Waals surface area (Å²) in [7, 11) is 0. The van der Waals surface area contributed by atoms with Gasteiger partial charge in [-0.3, -0.25) is 9.59 Å². The molecule has 0 heterocycles. The lowest BCUT2D eigenvalue weighted by Crippen LogP contribution is -2.46. The Bertz CT molecular complexity index is 486. The van der Waals surface area contributed by atoms with E-state index in [4.69, 9.17) is 0 Å². The van der Waals surface area contributed by atoms with Gasteiger partial charge in [-0.1, -0.05) is 19.9 Å². The van der Waals surface area contributed by atoms with E-state index >= 15 is 0 Å². The Morgan fingerprint density at radius 1 is 1.26 bits per heavy atom. The first-order valence-electron chi connectivity index (χ1n) is 6.15. The summed E-state index contributed by atoms with van der Waals surface area (Å²) in [6, 6.07) is 3.55. The molecule has 5 heteroatoms. The fourth-order valence-corrected chi connectivity index (χ4v) is 1.69. The van der Waals surface area contributed by atoms with E-state index < -0.39 is 11.9 Å². The molecule has 0 radical (unpaired) electrons. The summed E-state index contributed by atoms with van der Waals surface area (Å²) < 4.78 is 13.1. The topological polar surface area (TPSA) is 58.2 Å². The van der Waals surface area contributed by atoms with Crippen LogP contribution in [0.1, 0.15) is 26.3 Å². The summed E-state index contributed by atoms with van der Waals surface area (Å²) >= 11 is 0. The minimum atomic E-state index is -0.639. The number of carbonyl (C=O) groups excluding carboxylic acids is 2. The van der Waals surface area contributed by atoms with Crippen LogP contribution >= 0.6 is 0 Å². The van der Waals surface area contributed by atoms with Gasteiger partial charge in [0.2, 0.25) is 11.8 Å². The zero-order valence-corrected chi connectivity index (χ0v) is 11.6. The molecule has 0 aromatic heterocycles. The highest BCUT2D eigenvalue weighted by atomic mass is 19.1. The van der Waals surface area contributed by atoms with E-state index in [9.17, 15) is 14.0 Å². The van der Waals surface area contributed by atoms with Gasteiger partial charge in [0.25, 0.3) is 0 Å². The molecule has 1 atom stereocenters. The van der Waals surface area contributed by atoms with Crippen molar-refractivity contribution in [2.45, 2.75) is 33.7 Å². The number of amides is 2. The fourth-order valence-electron chi connectivity index (χ4n) is 1.69. The van der Waals surface area contributed by atoms with E-state index in [0.29, 0.717) is 5.69 Å². The van der Waals surface area contributed by atoms with Gasteiger partial charge in [-0.2, -0.15) is 0 Å². The molecule has 1 aromatic rings. The van der Waals surface area contributed by atoms with Gasteiger partial charge < -0.3 is 10.6 Å². The third kappa shape index (κ3) is 4.35. The van der Waals surface area contributed by atoms with Crippen molar-refractivity contribution in [3.8, 4) is 0 Å². The van der Waals surface area contributed by atoms with Crippen LogP contribution in [0.4, 0.5) is 10.1 Å². The SMILES string of the molecule is CC(=O)N[C@H](C(=O)Nc1cc(F)ccc1C)C(C)C. The second-order valence-corrected chi connectivity index (χ2v) is 4.87. The zero-order chi connectivity index (χ0) is 14.6.